The highest BCUT2D eigenvalue weighted by atomic mass is 32.2. The van der Waals surface area contributed by atoms with Crippen molar-refractivity contribution in [1.82, 2.24) is 5.16 Å². The quantitative estimate of drug-likeness (QED) is 0.388. The van der Waals surface area contributed by atoms with Crippen LogP contribution in [0.2, 0.25) is 0 Å². The topological polar surface area (TPSA) is 84.2 Å². The van der Waals surface area contributed by atoms with Crippen LogP contribution in [0.1, 0.15) is 24.7 Å². The molecule has 3 aromatic rings. The number of carbonyl (C=O) groups excluding carboxylic acids is 2. The minimum atomic E-state index is -0.300. The summed E-state index contributed by atoms with van der Waals surface area (Å²) < 4.78 is 4.98. The van der Waals surface area contributed by atoms with Gasteiger partial charge in [0.1, 0.15) is 5.76 Å². The normalized spacial score (nSPS) is 11.9. The lowest BCUT2D eigenvalue weighted by molar-refractivity contribution is -0.116. The average Bonchev–Trinajstić information content (AvgIpc) is 3.16. The number of benzene rings is 2. The lowest BCUT2D eigenvalue weighted by Gasteiger charge is -2.14. The Kier molecular flexibility index (Phi) is 7.45. The highest BCUT2D eigenvalue weighted by Gasteiger charge is 2.19. The van der Waals surface area contributed by atoms with Crippen LogP contribution in [0.4, 0.5) is 11.5 Å². The van der Waals surface area contributed by atoms with E-state index in [4.69, 9.17) is 4.52 Å². The number of nitrogens with one attached hydrogen (secondary N) is 2. The summed E-state index contributed by atoms with van der Waals surface area (Å²) in [4.78, 5) is 25.6. The van der Waals surface area contributed by atoms with Crippen LogP contribution in [-0.4, -0.2) is 22.2 Å². The van der Waals surface area contributed by atoms with Crippen LogP contribution in [0.25, 0.3) is 6.08 Å². The first-order chi connectivity index (χ1) is 14.5. The Balaban J connectivity index is 1.60. The van der Waals surface area contributed by atoms with E-state index in [2.05, 4.69) is 15.8 Å². The van der Waals surface area contributed by atoms with Crippen molar-refractivity contribution in [2.75, 3.05) is 10.6 Å². The van der Waals surface area contributed by atoms with Gasteiger partial charge in [0.2, 0.25) is 11.8 Å². The van der Waals surface area contributed by atoms with Gasteiger partial charge in [-0.25, -0.2) is 0 Å². The molecule has 154 valence electrons. The summed E-state index contributed by atoms with van der Waals surface area (Å²) in [6.07, 6.45) is 3.90. The van der Waals surface area contributed by atoms with E-state index < -0.39 is 0 Å². The van der Waals surface area contributed by atoms with E-state index in [1.54, 1.807) is 19.1 Å². The number of rotatable bonds is 8. The summed E-state index contributed by atoms with van der Waals surface area (Å²) >= 11 is 1.43. The molecule has 0 saturated heterocycles. The molecule has 1 unspecified atom stereocenters. The summed E-state index contributed by atoms with van der Waals surface area (Å²) in [5, 5.41) is 9.12. The molecule has 0 radical (unpaired) electrons. The van der Waals surface area contributed by atoms with Crippen LogP contribution in [0.3, 0.4) is 0 Å². The summed E-state index contributed by atoms with van der Waals surface area (Å²) in [5.74, 6) is 0.682. The molecule has 1 heterocycles. The minimum absolute atomic E-state index is 0.143. The Morgan fingerprint density at radius 2 is 1.90 bits per heavy atom. The molecule has 0 aliphatic heterocycles. The molecule has 0 bridgehead atoms. The second-order valence-electron chi connectivity index (χ2n) is 6.59. The molecule has 1 atom stereocenters. The highest BCUT2D eigenvalue weighted by molar-refractivity contribution is 8.00. The van der Waals surface area contributed by atoms with Gasteiger partial charge in [0.05, 0.1) is 5.25 Å². The van der Waals surface area contributed by atoms with Gasteiger partial charge >= 0.3 is 0 Å². The molecule has 30 heavy (non-hydrogen) atoms. The Bertz CT molecular complexity index is 1030. The third-order valence-corrected chi connectivity index (χ3v) is 5.51. The van der Waals surface area contributed by atoms with Crippen molar-refractivity contribution in [1.29, 1.82) is 0 Å². The molecule has 0 saturated carbocycles. The summed E-state index contributed by atoms with van der Waals surface area (Å²) in [7, 11) is 0. The van der Waals surface area contributed by atoms with Crippen molar-refractivity contribution in [3.05, 3.63) is 78.1 Å². The van der Waals surface area contributed by atoms with E-state index >= 15 is 0 Å². The second-order valence-corrected chi connectivity index (χ2v) is 7.86. The third-order valence-electron chi connectivity index (χ3n) is 4.15. The number of anilines is 2. The first kappa shape index (κ1) is 21.4. The molecule has 2 N–H and O–H groups in total. The number of nitrogens with zero attached hydrogens (tertiary/aromatic N) is 1. The second kappa shape index (κ2) is 10.5. The SMILES string of the molecule is CCC(Sc1cccc(NC(=O)/C=C/c2ccccc2)c1)C(=O)Nc1cc(C)on1. The zero-order valence-electron chi connectivity index (χ0n) is 16.8. The van der Waals surface area contributed by atoms with Gasteiger partial charge in [0.25, 0.3) is 0 Å². The van der Waals surface area contributed by atoms with Crippen molar-refractivity contribution < 1.29 is 14.1 Å². The standard InChI is InChI=1S/C23H23N3O3S/c1-3-20(23(28)25-21-14-16(2)29-26-21)30-19-11-7-10-18(15-19)24-22(27)13-12-17-8-5-4-6-9-17/h4-15,20H,3H2,1-2H3,(H,24,27)(H,25,26,28)/b13-12+. The molecule has 6 nitrogen and oxygen atoms in total. The Labute approximate surface area is 179 Å². The molecule has 0 fully saturated rings. The fraction of sp³-hybridized carbons (Fsp3) is 0.174. The van der Waals surface area contributed by atoms with Gasteiger partial charge in [-0.15, -0.1) is 11.8 Å². The highest BCUT2D eigenvalue weighted by Crippen LogP contribution is 2.28. The average molecular weight is 422 g/mol. The van der Waals surface area contributed by atoms with Gasteiger partial charge in [-0.1, -0.05) is 48.5 Å². The molecule has 0 spiro atoms. The van der Waals surface area contributed by atoms with E-state index in [0.29, 0.717) is 23.7 Å². The maximum Gasteiger partial charge on any atom is 0.248 e. The molecule has 2 amide bonds. The predicted molar refractivity (Wildman–Crippen MR) is 120 cm³/mol. The Morgan fingerprint density at radius 3 is 2.60 bits per heavy atom. The van der Waals surface area contributed by atoms with Gasteiger partial charge in [-0.2, -0.15) is 0 Å². The van der Waals surface area contributed by atoms with Crippen molar-refractivity contribution >= 4 is 41.2 Å². The van der Waals surface area contributed by atoms with Crippen LogP contribution in [0, 0.1) is 6.92 Å². The molecular formula is C23H23N3O3S. The largest absolute Gasteiger partial charge is 0.360 e. The van der Waals surface area contributed by atoms with E-state index in [-0.39, 0.29) is 17.1 Å². The maximum atomic E-state index is 12.5. The number of hydrogen-bond donors (Lipinski definition) is 2. The molecule has 3 rings (SSSR count). The van der Waals surface area contributed by atoms with E-state index in [1.165, 1.54) is 17.8 Å². The number of carbonyl (C=O) groups is 2. The van der Waals surface area contributed by atoms with Gasteiger partial charge in [-0.3, -0.25) is 9.59 Å². The van der Waals surface area contributed by atoms with Crippen molar-refractivity contribution in [2.24, 2.45) is 0 Å². The summed E-state index contributed by atoms with van der Waals surface area (Å²) in [6, 6.07) is 18.7. The fourth-order valence-electron chi connectivity index (χ4n) is 2.69. The monoisotopic (exact) mass is 421 g/mol. The summed E-state index contributed by atoms with van der Waals surface area (Å²) in [6.45, 7) is 3.72. The van der Waals surface area contributed by atoms with Crippen LogP contribution in [0.15, 0.2) is 76.2 Å². The molecule has 2 aromatic carbocycles. The molecule has 0 aliphatic carbocycles. The Morgan fingerprint density at radius 1 is 1.10 bits per heavy atom. The number of amides is 2. The van der Waals surface area contributed by atoms with E-state index in [0.717, 1.165) is 10.5 Å². The van der Waals surface area contributed by atoms with Gasteiger partial charge in [-0.05, 0) is 43.2 Å². The molecule has 0 aliphatic rings. The lowest BCUT2D eigenvalue weighted by atomic mass is 10.2. The third kappa shape index (κ3) is 6.35. The van der Waals surface area contributed by atoms with E-state index in [1.807, 2.05) is 61.5 Å². The van der Waals surface area contributed by atoms with Gasteiger partial charge in [0, 0.05) is 22.7 Å². The van der Waals surface area contributed by atoms with Crippen LogP contribution < -0.4 is 10.6 Å². The number of thioether (sulfide) groups is 1. The molecular weight excluding hydrogens is 398 g/mol. The first-order valence-electron chi connectivity index (χ1n) is 9.58. The van der Waals surface area contributed by atoms with Gasteiger partial charge in [0.15, 0.2) is 5.82 Å². The first-order valence-corrected chi connectivity index (χ1v) is 10.5. The van der Waals surface area contributed by atoms with Crippen molar-refractivity contribution in [2.45, 2.75) is 30.4 Å². The van der Waals surface area contributed by atoms with Crippen LogP contribution in [0.5, 0.6) is 0 Å². The predicted octanol–water partition coefficient (Wildman–Crippen LogP) is 5.14. The number of aromatic nitrogens is 1. The van der Waals surface area contributed by atoms with Crippen molar-refractivity contribution in [3.63, 3.8) is 0 Å². The van der Waals surface area contributed by atoms with Crippen molar-refractivity contribution in [3.8, 4) is 0 Å². The van der Waals surface area contributed by atoms with E-state index in [9.17, 15) is 9.59 Å². The maximum absolute atomic E-state index is 12.5. The number of hydrogen-bond acceptors (Lipinski definition) is 5. The smallest absolute Gasteiger partial charge is 0.248 e. The zero-order chi connectivity index (χ0) is 21.3. The lowest BCUT2D eigenvalue weighted by Crippen LogP contribution is -2.24. The fourth-order valence-corrected chi connectivity index (χ4v) is 3.70. The van der Waals surface area contributed by atoms with Crippen LogP contribution >= 0.6 is 11.8 Å². The number of aryl methyl sites for hydroxylation is 1. The molecule has 1 aromatic heterocycles. The van der Waals surface area contributed by atoms with Gasteiger partial charge < -0.3 is 15.2 Å². The minimum Gasteiger partial charge on any atom is -0.360 e. The zero-order valence-corrected chi connectivity index (χ0v) is 17.6. The Hall–Kier alpha value is -3.32. The molecule has 7 heteroatoms. The summed E-state index contributed by atoms with van der Waals surface area (Å²) in [5.41, 5.74) is 1.63. The van der Waals surface area contributed by atoms with Crippen LogP contribution in [-0.2, 0) is 9.59 Å².